The second-order valence-corrected chi connectivity index (χ2v) is 6.83. The predicted octanol–water partition coefficient (Wildman–Crippen LogP) is 3.07. The van der Waals surface area contributed by atoms with Crippen molar-refractivity contribution < 1.29 is 19.0 Å². The highest BCUT2D eigenvalue weighted by atomic mass is 16.5. The monoisotopic (exact) mass is 381 g/mol. The van der Waals surface area contributed by atoms with Crippen molar-refractivity contribution in [3.63, 3.8) is 0 Å². The fourth-order valence-corrected chi connectivity index (χ4v) is 3.59. The van der Waals surface area contributed by atoms with Gasteiger partial charge in [-0.25, -0.2) is 9.97 Å². The molecule has 1 aromatic carbocycles. The Bertz CT molecular complexity index is 992. The van der Waals surface area contributed by atoms with Crippen molar-refractivity contribution in [2.75, 3.05) is 27.4 Å². The second-order valence-electron chi connectivity index (χ2n) is 6.83. The molecule has 1 aliphatic rings. The van der Waals surface area contributed by atoms with Gasteiger partial charge in [-0.2, -0.15) is 0 Å². The van der Waals surface area contributed by atoms with E-state index in [2.05, 4.69) is 4.98 Å². The number of ether oxygens (including phenoxy) is 3. The van der Waals surface area contributed by atoms with Crippen LogP contribution in [0, 0.1) is 0 Å². The van der Waals surface area contributed by atoms with Crippen molar-refractivity contribution >= 4 is 11.4 Å². The summed E-state index contributed by atoms with van der Waals surface area (Å²) in [5, 5.41) is 0. The van der Waals surface area contributed by atoms with E-state index in [0.29, 0.717) is 34.5 Å². The lowest BCUT2D eigenvalue weighted by Crippen LogP contribution is -2.14. The normalized spacial score (nSPS) is 14.9. The summed E-state index contributed by atoms with van der Waals surface area (Å²) in [5.41, 5.74) is 2.84. The van der Waals surface area contributed by atoms with Gasteiger partial charge in [0.05, 0.1) is 37.6 Å². The Morgan fingerprint density at radius 3 is 2.68 bits per heavy atom. The maximum Gasteiger partial charge on any atom is 0.258 e. The highest BCUT2D eigenvalue weighted by Gasteiger charge is 2.21. The van der Waals surface area contributed by atoms with Crippen LogP contribution in [0.4, 0.5) is 0 Å². The quantitative estimate of drug-likeness (QED) is 0.611. The highest BCUT2D eigenvalue weighted by molar-refractivity contribution is 5.99. The summed E-state index contributed by atoms with van der Waals surface area (Å²) in [5.74, 6) is 1.29. The van der Waals surface area contributed by atoms with Crippen molar-refractivity contribution in [1.82, 2.24) is 14.4 Å². The fourth-order valence-electron chi connectivity index (χ4n) is 3.59. The first-order valence-corrected chi connectivity index (χ1v) is 9.36. The molecule has 1 aliphatic heterocycles. The van der Waals surface area contributed by atoms with Crippen LogP contribution in [-0.2, 0) is 11.2 Å². The first-order chi connectivity index (χ1) is 13.7. The summed E-state index contributed by atoms with van der Waals surface area (Å²) < 4.78 is 18.1. The molecule has 0 aliphatic carbocycles. The number of carbonyl (C=O) groups is 1. The number of fused-ring (bicyclic) bond motifs is 1. The Kier molecular flexibility index (Phi) is 5.25. The lowest BCUT2D eigenvalue weighted by atomic mass is 9.97. The van der Waals surface area contributed by atoms with E-state index in [9.17, 15) is 4.79 Å². The molecule has 0 spiro atoms. The van der Waals surface area contributed by atoms with Crippen LogP contribution in [0.1, 0.15) is 40.5 Å². The van der Waals surface area contributed by atoms with Gasteiger partial charge in [-0.15, -0.1) is 0 Å². The van der Waals surface area contributed by atoms with E-state index in [4.69, 9.17) is 19.2 Å². The zero-order valence-corrected chi connectivity index (χ0v) is 16.1. The van der Waals surface area contributed by atoms with Gasteiger partial charge < -0.3 is 18.6 Å². The number of Topliss-reactive ketones (excluding diaryl/α,β-unsaturated/α-hetero) is 1. The van der Waals surface area contributed by atoms with Crippen LogP contribution >= 0.6 is 0 Å². The number of rotatable bonds is 6. The number of nitrogens with zero attached hydrogens (tertiary/aromatic N) is 3. The Morgan fingerprint density at radius 2 is 1.93 bits per heavy atom. The molecule has 1 fully saturated rings. The molecule has 3 aromatic rings. The van der Waals surface area contributed by atoms with Crippen LogP contribution in [0.15, 0.2) is 36.7 Å². The van der Waals surface area contributed by atoms with Crippen molar-refractivity contribution in [3.8, 4) is 11.6 Å². The van der Waals surface area contributed by atoms with E-state index in [-0.39, 0.29) is 12.2 Å². The van der Waals surface area contributed by atoms with Gasteiger partial charge in [0.2, 0.25) is 5.65 Å². The fraction of sp³-hybridized carbons (Fsp3) is 0.381. The number of methoxy groups -OCH3 is 2. The SMILES string of the molecule is COc1ccccc1C(=O)Cc1cn2cc(C3CCOCC3)nc2c(OC)n1. The molecule has 7 nitrogen and oxygen atoms in total. The topological polar surface area (TPSA) is 75.0 Å². The summed E-state index contributed by atoms with van der Waals surface area (Å²) in [4.78, 5) is 22.0. The van der Waals surface area contributed by atoms with Crippen LogP contribution < -0.4 is 9.47 Å². The number of imidazole rings is 1. The first-order valence-electron chi connectivity index (χ1n) is 9.36. The van der Waals surface area contributed by atoms with Gasteiger partial charge in [0, 0.05) is 31.5 Å². The summed E-state index contributed by atoms with van der Waals surface area (Å²) in [6.07, 6.45) is 5.92. The second kappa shape index (κ2) is 7.98. The lowest BCUT2D eigenvalue weighted by molar-refractivity contribution is 0.0846. The van der Waals surface area contributed by atoms with E-state index in [0.717, 1.165) is 31.7 Å². The molecule has 7 heteroatoms. The molecule has 1 saturated heterocycles. The van der Waals surface area contributed by atoms with E-state index < -0.39 is 0 Å². The Balaban J connectivity index is 1.65. The zero-order valence-electron chi connectivity index (χ0n) is 16.1. The van der Waals surface area contributed by atoms with Gasteiger partial charge in [0.25, 0.3) is 5.88 Å². The van der Waals surface area contributed by atoms with Crippen molar-refractivity contribution in [1.29, 1.82) is 0 Å². The third-order valence-corrected chi connectivity index (χ3v) is 5.06. The number of ketones is 1. The summed E-state index contributed by atoms with van der Waals surface area (Å²) >= 11 is 0. The molecule has 0 N–H and O–H groups in total. The van der Waals surface area contributed by atoms with Crippen LogP contribution in [0.3, 0.4) is 0 Å². The van der Waals surface area contributed by atoms with Crippen molar-refractivity contribution in [3.05, 3.63) is 53.6 Å². The number of para-hydroxylation sites is 1. The molecule has 3 heterocycles. The lowest BCUT2D eigenvalue weighted by Gasteiger charge is -2.19. The minimum Gasteiger partial charge on any atom is -0.496 e. The molecule has 0 bridgehead atoms. The largest absolute Gasteiger partial charge is 0.496 e. The Morgan fingerprint density at radius 1 is 1.14 bits per heavy atom. The summed E-state index contributed by atoms with van der Waals surface area (Å²) in [7, 11) is 3.12. The van der Waals surface area contributed by atoms with Crippen molar-refractivity contribution in [2.24, 2.45) is 0 Å². The van der Waals surface area contributed by atoms with Crippen LogP contribution in [0.25, 0.3) is 5.65 Å². The smallest absolute Gasteiger partial charge is 0.258 e. The minimum atomic E-state index is -0.0591. The van der Waals surface area contributed by atoms with E-state index in [1.807, 2.05) is 28.9 Å². The molecular formula is C21H23N3O4. The van der Waals surface area contributed by atoms with Gasteiger partial charge in [-0.1, -0.05) is 12.1 Å². The number of carbonyl (C=O) groups excluding carboxylic acids is 1. The van der Waals surface area contributed by atoms with Gasteiger partial charge in [0.15, 0.2) is 5.78 Å². The Hall–Kier alpha value is -2.93. The number of hydrogen-bond donors (Lipinski definition) is 0. The Labute approximate surface area is 163 Å². The maximum absolute atomic E-state index is 12.8. The molecule has 0 saturated carbocycles. The van der Waals surface area contributed by atoms with Gasteiger partial charge in [0.1, 0.15) is 5.75 Å². The van der Waals surface area contributed by atoms with Gasteiger partial charge in [-0.05, 0) is 25.0 Å². The molecule has 2 aromatic heterocycles. The molecule has 146 valence electrons. The predicted molar refractivity (Wildman–Crippen MR) is 103 cm³/mol. The highest BCUT2D eigenvalue weighted by Crippen LogP contribution is 2.28. The van der Waals surface area contributed by atoms with Crippen LogP contribution in [0.2, 0.25) is 0 Å². The number of aromatic nitrogens is 3. The maximum atomic E-state index is 12.8. The molecule has 0 amide bonds. The van der Waals surface area contributed by atoms with Crippen LogP contribution in [0.5, 0.6) is 11.6 Å². The van der Waals surface area contributed by atoms with Gasteiger partial charge in [-0.3, -0.25) is 4.79 Å². The summed E-state index contributed by atoms with van der Waals surface area (Å²) in [6, 6.07) is 7.20. The zero-order chi connectivity index (χ0) is 19.5. The van der Waals surface area contributed by atoms with Gasteiger partial charge >= 0.3 is 0 Å². The molecular weight excluding hydrogens is 358 g/mol. The standard InChI is InChI=1S/C21H23N3O4/c1-26-19-6-4-3-5-16(19)18(25)11-15-12-24-13-17(14-7-9-28-10-8-14)23-20(24)21(22-15)27-2/h3-6,12-14H,7-11H2,1-2H3. The summed E-state index contributed by atoms with van der Waals surface area (Å²) in [6.45, 7) is 1.51. The van der Waals surface area contributed by atoms with Crippen LogP contribution in [-0.4, -0.2) is 47.6 Å². The third-order valence-electron chi connectivity index (χ3n) is 5.06. The molecule has 0 radical (unpaired) electrons. The third kappa shape index (κ3) is 3.57. The number of benzene rings is 1. The molecule has 0 atom stereocenters. The van der Waals surface area contributed by atoms with E-state index in [1.165, 1.54) is 0 Å². The first kappa shape index (κ1) is 18.4. The van der Waals surface area contributed by atoms with E-state index >= 15 is 0 Å². The number of hydrogen-bond acceptors (Lipinski definition) is 6. The van der Waals surface area contributed by atoms with E-state index in [1.54, 1.807) is 26.4 Å². The average Bonchev–Trinajstić information content (AvgIpc) is 3.18. The minimum absolute atomic E-state index is 0.0591. The molecule has 4 rings (SSSR count). The molecule has 0 unspecified atom stereocenters. The molecule has 28 heavy (non-hydrogen) atoms. The average molecular weight is 381 g/mol. The van der Waals surface area contributed by atoms with Crippen molar-refractivity contribution in [2.45, 2.75) is 25.2 Å².